The number of carbonyl (C=O) groups excluding carboxylic acids is 2. The first-order valence-corrected chi connectivity index (χ1v) is 11.4. The number of ether oxygens (including phenoxy) is 1. The third kappa shape index (κ3) is 4.08. The molecule has 0 amide bonds. The van der Waals surface area contributed by atoms with E-state index in [1.54, 1.807) is 11.8 Å². The average molecular weight is 420 g/mol. The minimum Gasteiger partial charge on any atom is -0.457 e. The maximum Gasteiger partial charge on any atom is 0.337 e. The van der Waals surface area contributed by atoms with Crippen LogP contribution in [0.25, 0.3) is 0 Å². The molecule has 1 aliphatic heterocycles. The van der Waals surface area contributed by atoms with Crippen molar-refractivity contribution in [1.29, 1.82) is 0 Å². The smallest absolute Gasteiger partial charge is 0.337 e. The zero-order valence-corrected chi connectivity index (χ0v) is 18.1. The van der Waals surface area contributed by atoms with Gasteiger partial charge in [-0.2, -0.15) is 0 Å². The molecule has 0 spiro atoms. The van der Waals surface area contributed by atoms with Gasteiger partial charge in [-0.25, -0.2) is 4.79 Å². The number of nitrogens with one attached hydrogen (secondary N) is 1. The maximum atomic E-state index is 13.2. The molecule has 2 aromatic carbocycles. The number of hydrogen-bond acceptors (Lipinski definition) is 5. The van der Waals surface area contributed by atoms with E-state index in [0.717, 1.165) is 45.8 Å². The standard InChI is InChI=1S/C25H25NO3S/c1-16-22(25(28)29-15-17-7-4-3-5-8-17)23(18-11-13-19(30-2)14-12-18)24-20(26-16)9-6-10-21(24)27/h3-5,7-8,11-14,23,26H,6,9-10,15H2,1-2H3/t23-/m0/s1. The Balaban J connectivity index is 1.70. The molecule has 2 aliphatic rings. The topological polar surface area (TPSA) is 55.4 Å². The molecule has 0 unspecified atom stereocenters. The number of rotatable bonds is 5. The summed E-state index contributed by atoms with van der Waals surface area (Å²) in [6.07, 6.45) is 4.21. The predicted octanol–water partition coefficient (Wildman–Crippen LogP) is 5.12. The monoisotopic (exact) mass is 419 g/mol. The first kappa shape index (κ1) is 20.5. The highest BCUT2D eigenvalue weighted by Gasteiger charge is 2.39. The molecule has 0 radical (unpaired) electrons. The Bertz CT molecular complexity index is 1020. The van der Waals surface area contributed by atoms with Crippen LogP contribution in [-0.4, -0.2) is 18.0 Å². The van der Waals surface area contributed by atoms with Crippen molar-refractivity contribution < 1.29 is 14.3 Å². The Morgan fingerprint density at radius 2 is 1.83 bits per heavy atom. The summed E-state index contributed by atoms with van der Waals surface area (Å²) >= 11 is 1.67. The highest BCUT2D eigenvalue weighted by Crippen LogP contribution is 2.42. The second-order valence-electron chi connectivity index (χ2n) is 7.60. The molecule has 0 bridgehead atoms. The Morgan fingerprint density at radius 3 is 2.53 bits per heavy atom. The first-order chi connectivity index (χ1) is 14.6. The number of allylic oxidation sites excluding steroid dienone is 3. The number of carbonyl (C=O) groups is 2. The molecule has 0 saturated heterocycles. The van der Waals surface area contributed by atoms with Crippen LogP contribution < -0.4 is 5.32 Å². The van der Waals surface area contributed by atoms with E-state index in [1.807, 2.05) is 67.8 Å². The number of ketones is 1. The number of benzene rings is 2. The average Bonchev–Trinajstić information content (AvgIpc) is 2.77. The van der Waals surface area contributed by atoms with E-state index in [-0.39, 0.29) is 18.4 Å². The van der Waals surface area contributed by atoms with Crippen LogP contribution in [-0.2, 0) is 20.9 Å². The summed E-state index contributed by atoms with van der Waals surface area (Å²) in [5.41, 5.74) is 4.83. The minimum atomic E-state index is -0.395. The van der Waals surface area contributed by atoms with Gasteiger partial charge in [0.05, 0.1) is 5.57 Å². The lowest BCUT2D eigenvalue weighted by molar-refractivity contribution is -0.140. The minimum absolute atomic E-state index is 0.114. The second kappa shape index (κ2) is 8.92. The van der Waals surface area contributed by atoms with Crippen molar-refractivity contribution in [2.45, 2.75) is 43.6 Å². The van der Waals surface area contributed by atoms with Gasteiger partial charge in [0.1, 0.15) is 6.61 Å². The molecule has 4 nitrogen and oxygen atoms in total. The molecule has 0 saturated carbocycles. The van der Waals surface area contributed by atoms with Crippen molar-refractivity contribution in [1.82, 2.24) is 5.32 Å². The van der Waals surface area contributed by atoms with Crippen molar-refractivity contribution in [3.8, 4) is 0 Å². The molecule has 1 N–H and O–H groups in total. The number of esters is 1. The SMILES string of the molecule is CSc1ccc([C@H]2C(C(=O)OCc3ccccc3)=C(C)NC3=C2C(=O)CCC3)cc1. The van der Waals surface area contributed by atoms with Crippen LogP contribution in [0.15, 0.2) is 82.0 Å². The summed E-state index contributed by atoms with van der Waals surface area (Å²) in [6.45, 7) is 2.10. The number of dihydropyridines is 1. The second-order valence-corrected chi connectivity index (χ2v) is 8.48. The quantitative estimate of drug-likeness (QED) is 0.538. The van der Waals surface area contributed by atoms with Crippen LogP contribution in [0, 0.1) is 0 Å². The molecule has 1 atom stereocenters. The van der Waals surface area contributed by atoms with E-state index in [1.165, 1.54) is 0 Å². The summed E-state index contributed by atoms with van der Waals surface area (Å²) < 4.78 is 5.67. The normalized spacial score (nSPS) is 18.7. The molecular formula is C25H25NO3S. The van der Waals surface area contributed by atoms with E-state index in [4.69, 9.17) is 4.74 Å². The largest absolute Gasteiger partial charge is 0.457 e. The summed E-state index contributed by atoms with van der Waals surface area (Å²) in [6, 6.07) is 17.7. The third-order valence-electron chi connectivity index (χ3n) is 5.66. The molecule has 1 aliphatic carbocycles. The van der Waals surface area contributed by atoms with E-state index in [9.17, 15) is 9.59 Å². The third-order valence-corrected chi connectivity index (χ3v) is 6.40. The van der Waals surface area contributed by atoms with E-state index < -0.39 is 5.92 Å². The van der Waals surface area contributed by atoms with Crippen molar-refractivity contribution in [2.75, 3.05) is 6.26 Å². The van der Waals surface area contributed by atoms with Gasteiger partial charge in [-0.1, -0.05) is 42.5 Å². The van der Waals surface area contributed by atoms with Gasteiger partial charge >= 0.3 is 5.97 Å². The molecule has 154 valence electrons. The maximum absolute atomic E-state index is 13.2. The van der Waals surface area contributed by atoms with Gasteiger partial charge < -0.3 is 10.1 Å². The van der Waals surface area contributed by atoms with Crippen molar-refractivity contribution >= 4 is 23.5 Å². The fourth-order valence-electron chi connectivity index (χ4n) is 4.18. The lowest BCUT2D eigenvalue weighted by atomic mass is 9.75. The summed E-state index contributed by atoms with van der Waals surface area (Å²) in [4.78, 5) is 27.3. The van der Waals surface area contributed by atoms with Crippen LogP contribution in [0.1, 0.15) is 43.2 Å². The number of thioether (sulfide) groups is 1. The van der Waals surface area contributed by atoms with Crippen LogP contribution in [0.5, 0.6) is 0 Å². The van der Waals surface area contributed by atoms with Crippen LogP contribution in [0.2, 0.25) is 0 Å². The summed E-state index contributed by atoms with van der Waals surface area (Å²) in [5, 5.41) is 3.33. The van der Waals surface area contributed by atoms with E-state index in [2.05, 4.69) is 5.32 Å². The number of Topliss-reactive ketones (excluding diaryl/α,β-unsaturated/α-hetero) is 1. The van der Waals surface area contributed by atoms with Crippen LogP contribution >= 0.6 is 11.8 Å². The van der Waals surface area contributed by atoms with Crippen molar-refractivity contribution in [3.63, 3.8) is 0 Å². The molecule has 0 fully saturated rings. The highest BCUT2D eigenvalue weighted by molar-refractivity contribution is 7.98. The van der Waals surface area contributed by atoms with Gasteiger partial charge in [0, 0.05) is 34.2 Å². The molecule has 4 rings (SSSR count). The van der Waals surface area contributed by atoms with Gasteiger partial charge in [0.15, 0.2) is 5.78 Å². The van der Waals surface area contributed by atoms with E-state index in [0.29, 0.717) is 12.0 Å². The molecule has 1 heterocycles. The van der Waals surface area contributed by atoms with Gasteiger partial charge in [0.2, 0.25) is 0 Å². The predicted molar refractivity (Wildman–Crippen MR) is 119 cm³/mol. The molecule has 5 heteroatoms. The Morgan fingerprint density at radius 1 is 1.10 bits per heavy atom. The van der Waals surface area contributed by atoms with E-state index >= 15 is 0 Å². The number of hydrogen-bond donors (Lipinski definition) is 1. The Labute approximate surface area is 181 Å². The zero-order chi connectivity index (χ0) is 21.1. The van der Waals surface area contributed by atoms with Crippen molar-refractivity contribution in [3.05, 3.63) is 88.3 Å². The highest BCUT2D eigenvalue weighted by atomic mass is 32.2. The van der Waals surface area contributed by atoms with Gasteiger partial charge in [0.25, 0.3) is 0 Å². The van der Waals surface area contributed by atoms with Gasteiger partial charge in [-0.05, 0) is 49.3 Å². The zero-order valence-electron chi connectivity index (χ0n) is 17.2. The fourth-order valence-corrected chi connectivity index (χ4v) is 4.59. The first-order valence-electron chi connectivity index (χ1n) is 10.2. The summed E-state index contributed by atoms with van der Waals surface area (Å²) in [7, 11) is 0. The van der Waals surface area contributed by atoms with Crippen LogP contribution in [0.4, 0.5) is 0 Å². The van der Waals surface area contributed by atoms with Gasteiger partial charge in [-0.15, -0.1) is 11.8 Å². The fraction of sp³-hybridized carbons (Fsp3) is 0.280. The molecular weight excluding hydrogens is 394 g/mol. The Hall–Kier alpha value is -2.79. The van der Waals surface area contributed by atoms with Crippen LogP contribution in [0.3, 0.4) is 0 Å². The lowest BCUT2D eigenvalue weighted by Crippen LogP contribution is -2.34. The Kier molecular flexibility index (Phi) is 6.09. The summed E-state index contributed by atoms with van der Waals surface area (Å²) in [5.74, 6) is -0.662. The molecule has 30 heavy (non-hydrogen) atoms. The molecule has 0 aromatic heterocycles. The molecule has 2 aromatic rings. The van der Waals surface area contributed by atoms with Gasteiger partial charge in [-0.3, -0.25) is 4.79 Å². The van der Waals surface area contributed by atoms with Crippen molar-refractivity contribution in [2.24, 2.45) is 0 Å². The lowest BCUT2D eigenvalue weighted by Gasteiger charge is -2.34.